The van der Waals surface area contributed by atoms with Gasteiger partial charge in [0.2, 0.25) is 0 Å². The molecule has 0 radical (unpaired) electrons. The summed E-state index contributed by atoms with van der Waals surface area (Å²) in [5.41, 5.74) is 16.5. The van der Waals surface area contributed by atoms with Crippen LogP contribution in [-0.2, 0) is 51.5 Å². The normalized spacial score (nSPS) is 13.1. The number of fused-ring (bicyclic) bond motifs is 8. The molecule has 3 aromatic heterocycles. The zero-order chi connectivity index (χ0) is 28.6. The Labute approximate surface area is 258 Å². The summed E-state index contributed by atoms with van der Waals surface area (Å²) in [6.45, 7) is 15.2. The predicted molar refractivity (Wildman–Crippen MR) is 167 cm³/mol. The summed E-state index contributed by atoms with van der Waals surface area (Å²) in [7, 11) is 0. The molecule has 0 aromatic carbocycles. The molecule has 2 aliphatic heterocycles. The second-order valence-electron chi connectivity index (χ2n) is 10.5. The van der Waals surface area contributed by atoms with Crippen molar-refractivity contribution in [2.45, 2.75) is 93.4 Å². The van der Waals surface area contributed by atoms with E-state index in [1.54, 1.807) is 0 Å². The summed E-state index contributed by atoms with van der Waals surface area (Å²) < 4.78 is 0. The molecule has 0 fully saturated rings. The third-order valence-corrected chi connectivity index (χ3v) is 8.51. The second-order valence-corrected chi connectivity index (χ2v) is 10.5. The van der Waals surface area contributed by atoms with Gasteiger partial charge in [-0.1, -0.05) is 95.0 Å². The van der Waals surface area contributed by atoms with Gasteiger partial charge in [0.1, 0.15) is 0 Å². The van der Waals surface area contributed by atoms with E-state index in [1.807, 2.05) is 6.07 Å². The number of hydrogen-bond acceptors (Lipinski definition) is 3. The van der Waals surface area contributed by atoms with Crippen molar-refractivity contribution in [1.29, 1.82) is 0 Å². The molecule has 5 heterocycles. The van der Waals surface area contributed by atoms with Crippen molar-refractivity contribution in [3.63, 3.8) is 0 Å². The van der Waals surface area contributed by atoms with Crippen molar-refractivity contribution < 1.29 is 25.9 Å². The number of carbonyl (C=O) groups excluding carboxylic acids is 1. The fraction of sp³-hybridized carbons (Fsp3) is 0.400. The molecule has 0 unspecified atom stereocenters. The molecule has 0 N–H and O–H groups in total. The number of aromatic nitrogens is 4. The van der Waals surface area contributed by atoms with Crippen LogP contribution in [0, 0.1) is 0 Å². The van der Waals surface area contributed by atoms with Gasteiger partial charge in [-0.25, -0.2) is 9.97 Å². The zero-order valence-corrected chi connectivity index (χ0v) is 27.6. The Morgan fingerprint density at radius 2 is 0.829 bits per heavy atom. The van der Waals surface area contributed by atoms with Gasteiger partial charge in [0, 0.05) is 5.57 Å². The van der Waals surface area contributed by atoms with E-state index >= 15 is 0 Å². The molecular weight excluding hydrogens is 687 g/mol. The molecule has 216 valence electrons. The van der Waals surface area contributed by atoms with E-state index in [4.69, 9.17) is 19.9 Å². The van der Waals surface area contributed by atoms with Crippen LogP contribution >= 0.6 is 0 Å². The first kappa shape index (κ1) is 30.9. The van der Waals surface area contributed by atoms with Crippen LogP contribution in [0.3, 0.4) is 0 Å². The van der Waals surface area contributed by atoms with E-state index in [9.17, 15) is 4.79 Å². The standard InChI is InChI=1S/C35H41N4O.Pt/c1-8-20-21(9-2)29-16-31-24(12-5)25(13-6)33(38-31)18-35-27(19-40)26(14-7)34(39-35)17-32-23(11-4)22(10-3)30(37-32)15-28(20)36-29;/h15-19H,8-14H2,1-7H3,(H-,36,37,38,39,40);/q-1;+2/p-1. The van der Waals surface area contributed by atoms with Crippen LogP contribution in [0.15, 0.2) is 24.3 Å². The van der Waals surface area contributed by atoms with Crippen molar-refractivity contribution >= 4 is 50.6 Å². The monoisotopic (exact) mass is 727 g/mol. The van der Waals surface area contributed by atoms with E-state index in [1.165, 1.54) is 33.4 Å². The van der Waals surface area contributed by atoms with E-state index in [-0.39, 0.29) is 21.1 Å². The van der Waals surface area contributed by atoms with E-state index < -0.39 is 0 Å². The fourth-order valence-corrected chi connectivity index (χ4v) is 6.61. The number of aldehydes is 1. The van der Waals surface area contributed by atoms with Gasteiger partial charge in [0.15, 0.2) is 6.29 Å². The molecule has 5 nitrogen and oxygen atoms in total. The van der Waals surface area contributed by atoms with Crippen molar-refractivity contribution in [2.24, 2.45) is 0 Å². The van der Waals surface area contributed by atoms with E-state index in [2.05, 4.69) is 66.7 Å². The molecule has 3 aromatic rings. The van der Waals surface area contributed by atoms with Gasteiger partial charge in [-0.3, -0.25) is 4.79 Å². The van der Waals surface area contributed by atoms with E-state index in [0.29, 0.717) is 11.3 Å². The Kier molecular flexibility index (Phi) is 9.69. The van der Waals surface area contributed by atoms with Crippen LogP contribution in [0.2, 0.25) is 0 Å². The summed E-state index contributed by atoms with van der Waals surface area (Å²) in [5, 5.41) is 0. The Morgan fingerprint density at radius 1 is 0.512 bits per heavy atom. The smallest absolute Gasteiger partial charge is 0.657 e. The second kappa shape index (κ2) is 12.9. The average Bonchev–Trinajstić information content (AvgIpc) is 3.67. The fourth-order valence-electron chi connectivity index (χ4n) is 6.61. The minimum absolute atomic E-state index is 0. The van der Waals surface area contributed by atoms with Gasteiger partial charge in [-0.2, -0.15) is 0 Å². The Hall–Kier alpha value is -3.04. The topological polar surface area (TPSA) is 71.1 Å². The van der Waals surface area contributed by atoms with Crippen LogP contribution < -0.4 is 9.97 Å². The molecule has 5 rings (SSSR count). The molecule has 2 aliphatic rings. The Balaban J connectivity index is 0.00000387. The zero-order valence-electron chi connectivity index (χ0n) is 25.3. The van der Waals surface area contributed by atoms with Gasteiger partial charge < -0.3 is 9.97 Å². The molecule has 0 saturated heterocycles. The number of allylic oxidation sites excluding steroid dienone is 4. The third-order valence-electron chi connectivity index (χ3n) is 8.51. The largest absolute Gasteiger partial charge is 2.00 e. The van der Waals surface area contributed by atoms with Crippen LogP contribution in [0.1, 0.15) is 113 Å². The molecule has 8 bridgehead atoms. The van der Waals surface area contributed by atoms with Gasteiger partial charge in [-0.15, -0.1) is 22.1 Å². The molecule has 41 heavy (non-hydrogen) atoms. The first-order chi connectivity index (χ1) is 19.5. The van der Waals surface area contributed by atoms with Crippen LogP contribution in [-0.4, -0.2) is 16.3 Å². The Bertz CT molecular complexity index is 1720. The van der Waals surface area contributed by atoms with Gasteiger partial charge >= 0.3 is 21.1 Å². The molecule has 0 aliphatic carbocycles. The maximum Gasteiger partial charge on any atom is 2.00 e. The van der Waals surface area contributed by atoms with Crippen LogP contribution in [0.25, 0.3) is 44.4 Å². The predicted octanol–water partition coefficient (Wildman–Crippen LogP) is 8.07. The van der Waals surface area contributed by atoms with Gasteiger partial charge in [0.05, 0.1) is 22.8 Å². The number of carbonyl (C=O) groups is 1. The number of rotatable bonds is 8. The number of nitrogens with zero attached hydrogens (tertiary/aromatic N) is 4. The molecule has 0 spiro atoms. The van der Waals surface area contributed by atoms with Crippen molar-refractivity contribution in [3.8, 4) is 0 Å². The molecule has 0 amide bonds. The van der Waals surface area contributed by atoms with Crippen LogP contribution in [0.5, 0.6) is 0 Å². The summed E-state index contributed by atoms with van der Waals surface area (Å²) >= 11 is 0. The van der Waals surface area contributed by atoms with Crippen molar-refractivity contribution in [3.05, 3.63) is 69.3 Å². The third kappa shape index (κ3) is 5.23. The minimum atomic E-state index is 0. The van der Waals surface area contributed by atoms with Crippen molar-refractivity contribution in [1.82, 2.24) is 19.9 Å². The van der Waals surface area contributed by atoms with Crippen LogP contribution in [0.4, 0.5) is 0 Å². The van der Waals surface area contributed by atoms with E-state index in [0.717, 1.165) is 96.0 Å². The summed E-state index contributed by atoms with van der Waals surface area (Å²) in [5.74, 6) is 0. The maximum atomic E-state index is 12.4. The van der Waals surface area contributed by atoms with Gasteiger partial charge in [0.25, 0.3) is 0 Å². The van der Waals surface area contributed by atoms with Crippen molar-refractivity contribution in [2.75, 3.05) is 0 Å². The average molecular weight is 728 g/mol. The molecule has 0 atom stereocenters. The molecule has 0 saturated carbocycles. The number of hydrogen-bond donors (Lipinski definition) is 0. The quantitative estimate of drug-likeness (QED) is 0.220. The first-order valence-corrected chi connectivity index (χ1v) is 15.0. The first-order valence-electron chi connectivity index (χ1n) is 15.0. The summed E-state index contributed by atoms with van der Waals surface area (Å²) in [4.78, 5) is 32.9. The summed E-state index contributed by atoms with van der Waals surface area (Å²) in [6, 6.07) is 8.46. The molecule has 6 heteroatoms. The molecular formula is C35H40N4OPt. The number of aryl methyl sites for hydroxylation is 4. The summed E-state index contributed by atoms with van der Waals surface area (Å²) in [6.07, 6.45) is 7.02. The Morgan fingerprint density at radius 3 is 1.15 bits per heavy atom. The maximum absolute atomic E-state index is 12.4. The SMILES string of the molecule is CCC1=C(C=O)c2cc3[n-]c(cc4nc(cc5[n-]c(cc1n2)c(CC)c5CC)C(CC)=C4CC)c(CC)c3CC.[Pt+2]. The minimum Gasteiger partial charge on any atom is -0.657 e. The van der Waals surface area contributed by atoms with Gasteiger partial charge in [-0.05, 0) is 61.7 Å².